The molecular weight excluding hydrogens is 330 g/mol. The molecule has 2 fully saturated rings. The van der Waals surface area contributed by atoms with Crippen molar-refractivity contribution in [3.63, 3.8) is 0 Å². The lowest BCUT2D eigenvalue weighted by molar-refractivity contribution is -0.138. The van der Waals surface area contributed by atoms with Gasteiger partial charge >= 0.3 is 0 Å². The Morgan fingerprint density at radius 2 is 2.00 bits per heavy atom. The molecule has 1 N–H and O–H groups in total. The van der Waals surface area contributed by atoms with Crippen LogP contribution in [0.1, 0.15) is 29.4 Å². The van der Waals surface area contributed by atoms with E-state index in [0.717, 1.165) is 44.7 Å². The van der Waals surface area contributed by atoms with E-state index in [0.29, 0.717) is 25.2 Å². The Kier molecular flexibility index (Phi) is 6.21. The molecule has 1 atom stereocenters. The maximum atomic E-state index is 13.1. The molecule has 2 aliphatic rings. The van der Waals surface area contributed by atoms with E-state index in [1.165, 1.54) is 0 Å². The quantitative estimate of drug-likeness (QED) is 0.833. The minimum absolute atomic E-state index is 0.0569. The van der Waals surface area contributed by atoms with Gasteiger partial charge in [-0.05, 0) is 25.6 Å². The summed E-state index contributed by atoms with van der Waals surface area (Å²) in [5.41, 5.74) is 1.55. The van der Waals surface area contributed by atoms with E-state index in [1.807, 2.05) is 11.0 Å². The Morgan fingerprint density at radius 3 is 2.73 bits per heavy atom. The van der Waals surface area contributed by atoms with Gasteiger partial charge in [0, 0.05) is 63.3 Å². The number of hydrogen-bond donors (Lipinski definition) is 1. The highest BCUT2D eigenvalue weighted by molar-refractivity contribution is 5.97. The second kappa shape index (κ2) is 8.60. The number of amides is 2. The van der Waals surface area contributed by atoms with Crippen molar-refractivity contribution in [1.29, 1.82) is 0 Å². The number of hydrogen-bond acceptors (Lipinski definition) is 5. The van der Waals surface area contributed by atoms with Crippen LogP contribution < -0.4 is 5.32 Å². The second-order valence-electron chi connectivity index (χ2n) is 7.13. The standard InChI is InChI=1S/C19H29N5O2/c1-3-4-16-13-15(5-6-21-16)18(25)24-8-7-20-14-17(24)19(26)23-11-9-22(2)10-12-23/h5-6,13,17,20H,3-4,7-12,14H2,1-2H3. The molecule has 3 rings (SSSR count). The number of nitrogens with zero attached hydrogens (tertiary/aromatic N) is 4. The molecule has 1 aromatic rings. The Balaban J connectivity index is 1.74. The number of likely N-dealkylation sites (N-methyl/N-ethyl adjacent to an activating group) is 1. The molecule has 7 nitrogen and oxygen atoms in total. The monoisotopic (exact) mass is 359 g/mol. The fraction of sp³-hybridized carbons (Fsp3) is 0.632. The molecule has 0 bridgehead atoms. The Hall–Kier alpha value is -1.99. The van der Waals surface area contributed by atoms with Crippen molar-refractivity contribution in [2.45, 2.75) is 25.8 Å². The van der Waals surface area contributed by atoms with Crippen molar-refractivity contribution in [1.82, 2.24) is 25.0 Å². The molecule has 2 saturated heterocycles. The molecule has 0 saturated carbocycles. The molecule has 2 aliphatic heterocycles. The van der Waals surface area contributed by atoms with Crippen LogP contribution in [0.3, 0.4) is 0 Å². The Bertz CT molecular complexity index is 643. The van der Waals surface area contributed by atoms with Gasteiger partial charge in [-0.1, -0.05) is 13.3 Å². The molecule has 26 heavy (non-hydrogen) atoms. The molecule has 0 spiro atoms. The summed E-state index contributed by atoms with van der Waals surface area (Å²) in [7, 11) is 2.07. The van der Waals surface area contributed by atoms with Crippen LogP contribution in [0.5, 0.6) is 0 Å². The molecule has 0 aromatic carbocycles. The van der Waals surface area contributed by atoms with Gasteiger partial charge in [-0.3, -0.25) is 14.6 Å². The zero-order valence-corrected chi connectivity index (χ0v) is 15.8. The molecule has 7 heteroatoms. The lowest BCUT2D eigenvalue weighted by Gasteiger charge is -2.40. The zero-order chi connectivity index (χ0) is 18.5. The molecule has 3 heterocycles. The zero-order valence-electron chi connectivity index (χ0n) is 15.8. The summed E-state index contributed by atoms with van der Waals surface area (Å²) in [6.45, 7) is 7.09. The van der Waals surface area contributed by atoms with Crippen LogP contribution in [-0.4, -0.2) is 90.4 Å². The van der Waals surface area contributed by atoms with E-state index < -0.39 is 6.04 Å². The van der Waals surface area contributed by atoms with Gasteiger partial charge in [0.2, 0.25) is 5.91 Å². The van der Waals surface area contributed by atoms with E-state index in [2.05, 4.69) is 29.2 Å². The van der Waals surface area contributed by atoms with E-state index >= 15 is 0 Å². The highest BCUT2D eigenvalue weighted by Gasteiger charge is 2.36. The fourth-order valence-corrected chi connectivity index (χ4v) is 3.58. The number of carbonyl (C=O) groups is 2. The second-order valence-corrected chi connectivity index (χ2v) is 7.13. The highest BCUT2D eigenvalue weighted by Crippen LogP contribution is 2.15. The first kappa shape index (κ1) is 18.8. The third-order valence-electron chi connectivity index (χ3n) is 5.17. The van der Waals surface area contributed by atoms with Gasteiger partial charge in [-0.25, -0.2) is 0 Å². The predicted octanol–water partition coefficient (Wildman–Crippen LogP) is 0.222. The Labute approximate surface area is 155 Å². The number of nitrogens with one attached hydrogen (secondary N) is 1. The summed E-state index contributed by atoms with van der Waals surface area (Å²) < 4.78 is 0. The third kappa shape index (κ3) is 4.22. The van der Waals surface area contributed by atoms with Crippen LogP contribution in [0.15, 0.2) is 18.3 Å². The van der Waals surface area contributed by atoms with Crippen molar-refractivity contribution >= 4 is 11.8 Å². The lowest BCUT2D eigenvalue weighted by Crippen LogP contribution is -2.62. The summed E-state index contributed by atoms with van der Waals surface area (Å²) in [4.78, 5) is 36.3. The molecule has 0 radical (unpaired) electrons. The van der Waals surface area contributed by atoms with Crippen LogP contribution in [0.4, 0.5) is 0 Å². The average molecular weight is 359 g/mol. The van der Waals surface area contributed by atoms with E-state index in [1.54, 1.807) is 17.2 Å². The summed E-state index contributed by atoms with van der Waals surface area (Å²) in [5.74, 6) is -0.0137. The molecule has 0 aliphatic carbocycles. The van der Waals surface area contributed by atoms with E-state index in [9.17, 15) is 9.59 Å². The molecule has 142 valence electrons. The van der Waals surface area contributed by atoms with Gasteiger partial charge in [-0.15, -0.1) is 0 Å². The van der Waals surface area contributed by atoms with Crippen LogP contribution in [0.2, 0.25) is 0 Å². The van der Waals surface area contributed by atoms with E-state index in [4.69, 9.17) is 0 Å². The molecular formula is C19H29N5O2. The maximum absolute atomic E-state index is 13.1. The smallest absolute Gasteiger partial charge is 0.254 e. The van der Waals surface area contributed by atoms with Crippen LogP contribution >= 0.6 is 0 Å². The number of piperazine rings is 2. The maximum Gasteiger partial charge on any atom is 0.254 e. The summed E-state index contributed by atoms with van der Waals surface area (Å²) in [6.07, 6.45) is 3.53. The largest absolute Gasteiger partial charge is 0.338 e. The van der Waals surface area contributed by atoms with Crippen molar-refractivity contribution in [3.05, 3.63) is 29.6 Å². The van der Waals surface area contributed by atoms with Crippen LogP contribution in [0.25, 0.3) is 0 Å². The molecule has 1 unspecified atom stereocenters. The van der Waals surface area contributed by atoms with Crippen molar-refractivity contribution < 1.29 is 9.59 Å². The van der Waals surface area contributed by atoms with Crippen molar-refractivity contribution in [3.8, 4) is 0 Å². The van der Waals surface area contributed by atoms with E-state index in [-0.39, 0.29) is 11.8 Å². The molecule has 2 amide bonds. The fourth-order valence-electron chi connectivity index (χ4n) is 3.58. The summed E-state index contributed by atoms with van der Waals surface area (Å²) in [6, 6.07) is 3.19. The number of aromatic nitrogens is 1. The predicted molar refractivity (Wildman–Crippen MR) is 100 cm³/mol. The Morgan fingerprint density at radius 1 is 1.23 bits per heavy atom. The van der Waals surface area contributed by atoms with Gasteiger partial charge in [0.1, 0.15) is 6.04 Å². The average Bonchev–Trinajstić information content (AvgIpc) is 2.68. The van der Waals surface area contributed by atoms with Crippen molar-refractivity contribution in [2.24, 2.45) is 0 Å². The number of aryl methyl sites for hydroxylation is 1. The number of pyridine rings is 1. The minimum atomic E-state index is -0.428. The number of carbonyl (C=O) groups excluding carboxylic acids is 2. The van der Waals surface area contributed by atoms with Gasteiger partial charge in [0.05, 0.1) is 0 Å². The first-order chi connectivity index (χ1) is 12.6. The summed E-state index contributed by atoms with van der Waals surface area (Å²) in [5, 5.41) is 3.27. The lowest BCUT2D eigenvalue weighted by atomic mass is 10.1. The highest BCUT2D eigenvalue weighted by atomic mass is 16.2. The van der Waals surface area contributed by atoms with Gasteiger partial charge in [0.15, 0.2) is 0 Å². The van der Waals surface area contributed by atoms with Crippen molar-refractivity contribution in [2.75, 3.05) is 52.9 Å². The summed E-state index contributed by atoms with van der Waals surface area (Å²) >= 11 is 0. The third-order valence-corrected chi connectivity index (χ3v) is 5.17. The number of rotatable bonds is 4. The van der Waals surface area contributed by atoms with Crippen LogP contribution in [0, 0.1) is 0 Å². The first-order valence-electron chi connectivity index (χ1n) is 9.54. The van der Waals surface area contributed by atoms with Crippen LogP contribution in [-0.2, 0) is 11.2 Å². The topological polar surface area (TPSA) is 68.8 Å². The normalized spacial score (nSPS) is 21.7. The first-order valence-corrected chi connectivity index (χ1v) is 9.54. The van der Waals surface area contributed by atoms with Gasteiger partial charge in [0.25, 0.3) is 5.91 Å². The van der Waals surface area contributed by atoms with Gasteiger partial charge < -0.3 is 20.0 Å². The molecule has 1 aromatic heterocycles. The minimum Gasteiger partial charge on any atom is -0.338 e. The SMILES string of the molecule is CCCc1cc(C(=O)N2CCNCC2C(=O)N2CCN(C)CC2)ccn1. The van der Waals surface area contributed by atoms with Gasteiger partial charge in [-0.2, -0.15) is 0 Å².